The van der Waals surface area contributed by atoms with Crippen LogP contribution in [0.2, 0.25) is 0 Å². The second-order valence-corrected chi connectivity index (χ2v) is 13.1. The molecule has 4 aromatic carbocycles. The monoisotopic (exact) mass is 660 g/mol. The van der Waals surface area contributed by atoms with Crippen molar-refractivity contribution in [3.63, 3.8) is 0 Å². The molecule has 242 valence electrons. The Kier molecular flexibility index (Phi) is 6.00. The molecular formula is C42H28N8O. The van der Waals surface area contributed by atoms with E-state index in [0.717, 1.165) is 79.9 Å². The average Bonchev–Trinajstić information content (AvgIpc) is 3.85. The smallest absolute Gasteiger partial charge is 0.229 e. The van der Waals surface area contributed by atoms with Crippen molar-refractivity contribution in [3.8, 4) is 33.6 Å². The minimum absolute atomic E-state index is 0.564. The summed E-state index contributed by atoms with van der Waals surface area (Å²) in [5.74, 6) is 1.82. The van der Waals surface area contributed by atoms with E-state index in [1.165, 1.54) is 21.9 Å². The summed E-state index contributed by atoms with van der Waals surface area (Å²) in [4.78, 5) is 9.55. The Morgan fingerprint density at radius 2 is 0.941 bits per heavy atom. The molecule has 2 aliphatic rings. The maximum Gasteiger partial charge on any atom is 0.229 e. The topological polar surface area (TPSA) is 98.2 Å². The van der Waals surface area contributed by atoms with E-state index >= 15 is 0 Å². The van der Waals surface area contributed by atoms with E-state index < -0.39 is 0 Å². The Morgan fingerprint density at radius 3 is 1.41 bits per heavy atom. The van der Waals surface area contributed by atoms with E-state index in [1.54, 1.807) is 0 Å². The molecular weight excluding hydrogens is 633 g/mol. The highest BCUT2D eigenvalue weighted by Crippen LogP contribution is 2.42. The van der Waals surface area contributed by atoms with Crippen LogP contribution < -0.4 is 0 Å². The number of hydrogen-bond donors (Lipinski definition) is 0. The molecule has 0 aliphatic carbocycles. The highest BCUT2D eigenvalue weighted by molar-refractivity contribution is 6.05. The van der Waals surface area contributed by atoms with E-state index in [0.29, 0.717) is 24.5 Å². The fraction of sp³-hybridized carbons (Fsp3) is 0.0952. The predicted molar refractivity (Wildman–Crippen MR) is 200 cm³/mol. The summed E-state index contributed by atoms with van der Waals surface area (Å²) in [5.41, 5.74) is 12.1. The molecule has 7 heterocycles. The van der Waals surface area contributed by atoms with Gasteiger partial charge in [0.2, 0.25) is 11.4 Å². The highest BCUT2D eigenvalue weighted by Gasteiger charge is 2.23. The maximum atomic E-state index is 6.16. The van der Waals surface area contributed by atoms with Gasteiger partial charge in [-0.3, -0.25) is 9.13 Å². The van der Waals surface area contributed by atoms with E-state index in [1.807, 2.05) is 24.5 Å². The Bertz CT molecular complexity index is 2720. The first-order valence-corrected chi connectivity index (χ1v) is 17.2. The zero-order valence-electron chi connectivity index (χ0n) is 27.4. The summed E-state index contributed by atoms with van der Waals surface area (Å²) in [6.07, 6.45) is 5.51. The summed E-state index contributed by atoms with van der Waals surface area (Å²) in [6.45, 7) is 1.41. The van der Waals surface area contributed by atoms with Crippen LogP contribution in [0.15, 0.2) is 146 Å². The van der Waals surface area contributed by atoms with Gasteiger partial charge in [0.05, 0.1) is 34.9 Å². The molecule has 0 bridgehead atoms. The lowest BCUT2D eigenvalue weighted by molar-refractivity contribution is 0.640. The normalized spacial score (nSPS) is 13.8. The molecule has 0 saturated carbocycles. The van der Waals surface area contributed by atoms with Gasteiger partial charge in [-0.1, -0.05) is 60.7 Å². The first kappa shape index (κ1) is 28.1. The van der Waals surface area contributed by atoms with Gasteiger partial charge in [0.15, 0.2) is 11.6 Å². The van der Waals surface area contributed by atoms with Crippen molar-refractivity contribution in [2.24, 2.45) is 20.5 Å². The number of para-hydroxylation sites is 2. The molecule has 9 nitrogen and oxygen atoms in total. The minimum Gasteiger partial charge on any atom is -0.419 e. The second-order valence-electron chi connectivity index (χ2n) is 13.1. The fourth-order valence-electron chi connectivity index (χ4n) is 7.84. The molecule has 9 heteroatoms. The third kappa shape index (κ3) is 4.27. The van der Waals surface area contributed by atoms with E-state index in [9.17, 15) is 0 Å². The molecule has 0 N–H and O–H groups in total. The van der Waals surface area contributed by atoms with Crippen LogP contribution in [0.4, 0.5) is 11.6 Å². The molecule has 0 atom stereocenters. The third-order valence-electron chi connectivity index (χ3n) is 10.2. The molecule has 0 spiro atoms. The molecule has 0 unspecified atom stereocenters. The lowest BCUT2D eigenvalue weighted by Gasteiger charge is -2.10. The minimum atomic E-state index is 0.564. The van der Waals surface area contributed by atoms with Gasteiger partial charge in [0, 0.05) is 56.8 Å². The van der Waals surface area contributed by atoms with Gasteiger partial charge in [-0.05, 0) is 72.5 Å². The Labute approximate surface area is 291 Å². The van der Waals surface area contributed by atoms with Crippen molar-refractivity contribution in [2.75, 3.05) is 13.1 Å². The molecule has 11 rings (SSSR count). The first-order chi connectivity index (χ1) is 25.3. The number of azo groups is 2. The van der Waals surface area contributed by atoms with Crippen LogP contribution >= 0.6 is 0 Å². The molecule has 0 fully saturated rings. The molecule has 0 radical (unpaired) electrons. The molecule has 2 aliphatic heterocycles. The summed E-state index contributed by atoms with van der Waals surface area (Å²) in [5, 5.41) is 22.2. The number of nitrogens with zero attached hydrogens (tertiary/aromatic N) is 8. The van der Waals surface area contributed by atoms with Crippen LogP contribution in [0.1, 0.15) is 11.1 Å². The van der Waals surface area contributed by atoms with Crippen molar-refractivity contribution >= 4 is 55.6 Å². The average molecular weight is 661 g/mol. The van der Waals surface area contributed by atoms with Crippen molar-refractivity contribution < 1.29 is 4.42 Å². The van der Waals surface area contributed by atoms with Gasteiger partial charge >= 0.3 is 0 Å². The largest absolute Gasteiger partial charge is 0.419 e. The van der Waals surface area contributed by atoms with Crippen molar-refractivity contribution in [1.82, 2.24) is 19.1 Å². The Hall–Kier alpha value is -6.74. The molecule has 0 saturated heterocycles. The third-order valence-corrected chi connectivity index (χ3v) is 10.2. The number of pyridine rings is 2. The standard InChI is InChI=1S/C42H28N8O/c1-3-7-29(8-4-1)49-37-21-25(11-13-31(37)33-15-17-45-47-39(33)49)27-19-35-36-20-28(24-44-42(36)51-41(35)43-23-27)26-12-14-32-34-16-18-46-48-40(34)50(38(32)22-26)30-9-5-2-6-10-30/h1-14,19-24H,15-18H2. The van der Waals surface area contributed by atoms with Gasteiger partial charge in [-0.2, -0.15) is 10.2 Å². The lowest BCUT2D eigenvalue weighted by Crippen LogP contribution is -1.97. The summed E-state index contributed by atoms with van der Waals surface area (Å²) in [6, 6.07) is 38.3. The molecule has 9 aromatic rings. The first-order valence-electron chi connectivity index (χ1n) is 17.2. The van der Waals surface area contributed by atoms with Crippen LogP contribution in [-0.4, -0.2) is 32.2 Å². The van der Waals surface area contributed by atoms with Gasteiger partial charge in [0.1, 0.15) is 0 Å². The Morgan fingerprint density at radius 1 is 0.471 bits per heavy atom. The van der Waals surface area contributed by atoms with Gasteiger partial charge in [0.25, 0.3) is 0 Å². The van der Waals surface area contributed by atoms with Crippen LogP contribution in [0.5, 0.6) is 0 Å². The number of hydrogen-bond acceptors (Lipinski definition) is 7. The SMILES string of the molecule is c1ccc(-n2c3c(c4ccc(-c5cnc6oc7ncc(-c8ccc9c%10c(n(-c%11ccccc%11)c9c8)N=NCC%10)cc7c6c5)cc42)CCN=N3)cc1. The quantitative estimate of drug-likeness (QED) is 0.188. The lowest BCUT2D eigenvalue weighted by atomic mass is 10.0. The van der Waals surface area contributed by atoms with Crippen molar-refractivity contribution in [3.05, 3.63) is 133 Å². The van der Waals surface area contributed by atoms with Crippen LogP contribution in [-0.2, 0) is 12.8 Å². The Balaban J connectivity index is 1.05. The van der Waals surface area contributed by atoms with Crippen molar-refractivity contribution in [1.29, 1.82) is 0 Å². The van der Waals surface area contributed by atoms with E-state index in [4.69, 9.17) is 14.4 Å². The van der Waals surface area contributed by atoms with E-state index in [-0.39, 0.29) is 0 Å². The van der Waals surface area contributed by atoms with Crippen LogP contribution in [0, 0.1) is 0 Å². The number of rotatable bonds is 4. The summed E-state index contributed by atoms with van der Waals surface area (Å²) >= 11 is 0. The predicted octanol–water partition coefficient (Wildman–Crippen LogP) is 10.9. The number of fused-ring (bicyclic) bond motifs is 9. The maximum absolute atomic E-state index is 6.16. The molecule has 0 amide bonds. The van der Waals surface area contributed by atoms with Gasteiger partial charge in [-0.25, -0.2) is 9.97 Å². The summed E-state index contributed by atoms with van der Waals surface area (Å²) < 4.78 is 10.6. The fourth-order valence-corrected chi connectivity index (χ4v) is 7.84. The summed E-state index contributed by atoms with van der Waals surface area (Å²) in [7, 11) is 0. The van der Waals surface area contributed by atoms with E-state index in [2.05, 4.69) is 127 Å². The van der Waals surface area contributed by atoms with Crippen LogP contribution in [0.25, 0.3) is 77.6 Å². The zero-order valence-corrected chi connectivity index (χ0v) is 27.4. The molecule has 5 aromatic heterocycles. The van der Waals surface area contributed by atoms with Crippen molar-refractivity contribution in [2.45, 2.75) is 12.8 Å². The zero-order chi connectivity index (χ0) is 33.5. The number of benzene rings is 4. The highest BCUT2D eigenvalue weighted by atomic mass is 16.3. The molecule has 51 heavy (non-hydrogen) atoms. The number of aromatic nitrogens is 4. The van der Waals surface area contributed by atoms with Crippen LogP contribution in [0.3, 0.4) is 0 Å². The second kappa shape index (κ2) is 10.9. The number of furan rings is 1. The van der Waals surface area contributed by atoms with Gasteiger partial charge < -0.3 is 4.42 Å². The van der Waals surface area contributed by atoms with Gasteiger partial charge in [-0.15, -0.1) is 10.2 Å².